The number of aromatic nitrogens is 1. The van der Waals surface area contributed by atoms with Crippen LogP contribution in [-0.4, -0.2) is 35.3 Å². The Morgan fingerprint density at radius 3 is 2.62 bits per heavy atom. The van der Waals surface area contributed by atoms with E-state index >= 15 is 0 Å². The molecule has 2 aromatic rings. The van der Waals surface area contributed by atoms with Crippen LogP contribution in [0.3, 0.4) is 0 Å². The van der Waals surface area contributed by atoms with Gasteiger partial charge in [0, 0.05) is 36.5 Å². The summed E-state index contributed by atoms with van der Waals surface area (Å²) in [7, 11) is 0. The predicted molar refractivity (Wildman–Crippen MR) is 74.6 cm³/mol. The van der Waals surface area contributed by atoms with Crippen LogP contribution in [0.15, 0.2) is 35.3 Å². The van der Waals surface area contributed by atoms with E-state index in [0.717, 1.165) is 0 Å². The third-order valence-corrected chi connectivity index (χ3v) is 3.80. The maximum atomic E-state index is 12.4. The van der Waals surface area contributed by atoms with Crippen LogP contribution in [0.1, 0.15) is 16.8 Å². The minimum Gasteiger partial charge on any atom is -0.338 e. The summed E-state index contributed by atoms with van der Waals surface area (Å²) in [6, 6.07) is 6.86. The molecule has 2 heterocycles. The zero-order valence-corrected chi connectivity index (χ0v) is 11.2. The second-order valence-corrected chi connectivity index (χ2v) is 5.28. The van der Waals surface area contributed by atoms with E-state index in [9.17, 15) is 18.4 Å². The molecule has 1 N–H and O–H groups in total. The molecule has 110 valence electrons. The van der Waals surface area contributed by atoms with Crippen molar-refractivity contribution in [1.82, 2.24) is 9.88 Å². The summed E-state index contributed by atoms with van der Waals surface area (Å²) in [6.45, 7) is 0.688. The SMILES string of the molecule is O=C(c1c[nH]c(=O)c2ccccc12)N1CC(CC(F)F)C1. The molecule has 0 spiro atoms. The third-order valence-electron chi connectivity index (χ3n) is 3.80. The lowest BCUT2D eigenvalue weighted by Crippen LogP contribution is -2.50. The number of amides is 1. The normalized spacial score (nSPS) is 15.5. The molecule has 4 nitrogen and oxygen atoms in total. The van der Waals surface area contributed by atoms with Crippen LogP contribution >= 0.6 is 0 Å². The van der Waals surface area contributed by atoms with Crippen molar-refractivity contribution in [1.29, 1.82) is 0 Å². The van der Waals surface area contributed by atoms with Gasteiger partial charge in [-0.15, -0.1) is 0 Å². The number of nitrogens with zero attached hydrogens (tertiary/aromatic N) is 1. The van der Waals surface area contributed by atoms with Gasteiger partial charge in [0.2, 0.25) is 6.43 Å². The number of benzene rings is 1. The standard InChI is InChI=1S/C15H14F2N2O2/c16-13(17)5-9-7-19(8-9)15(21)12-6-18-14(20)11-4-2-1-3-10(11)12/h1-4,6,9,13H,5,7-8H2,(H,18,20). The Kier molecular flexibility index (Phi) is 3.45. The zero-order chi connectivity index (χ0) is 15.0. The molecular formula is C15H14F2N2O2. The highest BCUT2D eigenvalue weighted by atomic mass is 19.3. The number of fused-ring (bicyclic) bond motifs is 1. The Balaban J connectivity index is 1.84. The summed E-state index contributed by atoms with van der Waals surface area (Å²) >= 11 is 0. The van der Waals surface area contributed by atoms with Gasteiger partial charge in [-0.2, -0.15) is 0 Å². The Bertz CT molecular complexity index is 736. The Hall–Kier alpha value is -2.24. The fourth-order valence-electron chi connectivity index (χ4n) is 2.69. The molecule has 1 aromatic carbocycles. The quantitative estimate of drug-likeness (QED) is 0.943. The van der Waals surface area contributed by atoms with Gasteiger partial charge in [0.15, 0.2) is 0 Å². The fraction of sp³-hybridized carbons (Fsp3) is 0.333. The van der Waals surface area contributed by atoms with Gasteiger partial charge in [-0.25, -0.2) is 8.78 Å². The van der Waals surface area contributed by atoms with Crippen LogP contribution in [0.2, 0.25) is 0 Å². The zero-order valence-electron chi connectivity index (χ0n) is 11.2. The van der Waals surface area contributed by atoms with Gasteiger partial charge >= 0.3 is 0 Å². The lowest BCUT2D eigenvalue weighted by molar-refractivity contribution is 0.0281. The highest BCUT2D eigenvalue weighted by Gasteiger charge is 2.33. The van der Waals surface area contributed by atoms with E-state index in [2.05, 4.69) is 4.98 Å². The van der Waals surface area contributed by atoms with E-state index in [0.29, 0.717) is 29.4 Å². The molecule has 0 aliphatic carbocycles. The van der Waals surface area contributed by atoms with E-state index in [1.165, 1.54) is 11.1 Å². The van der Waals surface area contributed by atoms with Crippen LogP contribution in [0.5, 0.6) is 0 Å². The van der Waals surface area contributed by atoms with Crippen molar-refractivity contribution >= 4 is 16.7 Å². The number of H-pyrrole nitrogens is 1. The van der Waals surface area contributed by atoms with Crippen molar-refractivity contribution < 1.29 is 13.6 Å². The summed E-state index contributed by atoms with van der Waals surface area (Å²) < 4.78 is 24.5. The number of hydrogen-bond donors (Lipinski definition) is 1. The number of carbonyl (C=O) groups is 1. The van der Waals surface area contributed by atoms with E-state index in [-0.39, 0.29) is 23.8 Å². The molecule has 1 fully saturated rings. The summed E-state index contributed by atoms with van der Waals surface area (Å²) in [5, 5.41) is 1.04. The number of alkyl halides is 2. The highest BCUT2D eigenvalue weighted by Crippen LogP contribution is 2.25. The van der Waals surface area contributed by atoms with Crippen molar-refractivity contribution in [2.75, 3.05) is 13.1 Å². The van der Waals surface area contributed by atoms with Crippen molar-refractivity contribution in [3.05, 3.63) is 46.4 Å². The van der Waals surface area contributed by atoms with Crippen molar-refractivity contribution in [3.8, 4) is 0 Å². The van der Waals surface area contributed by atoms with Crippen molar-refractivity contribution in [2.24, 2.45) is 5.92 Å². The molecule has 1 amide bonds. The first kappa shape index (κ1) is 13.7. The van der Waals surface area contributed by atoms with Crippen LogP contribution in [-0.2, 0) is 0 Å². The van der Waals surface area contributed by atoms with Crippen LogP contribution in [0, 0.1) is 5.92 Å². The van der Waals surface area contributed by atoms with Crippen molar-refractivity contribution in [2.45, 2.75) is 12.8 Å². The fourth-order valence-corrected chi connectivity index (χ4v) is 2.69. The summed E-state index contributed by atoms with van der Waals surface area (Å²) in [4.78, 5) is 28.2. The molecule has 0 atom stereocenters. The number of nitrogens with one attached hydrogen (secondary N) is 1. The second-order valence-electron chi connectivity index (χ2n) is 5.28. The van der Waals surface area contributed by atoms with Gasteiger partial charge in [0.05, 0.1) is 5.56 Å². The second kappa shape index (κ2) is 5.27. The molecule has 0 bridgehead atoms. The molecule has 3 rings (SSSR count). The smallest absolute Gasteiger partial charge is 0.255 e. The van der Waals surface area contributed by atoms with E-state index in [1.807, 2.05) is 0 Å². The van der Waals surface area contributed by atoms with Crippen LogP contribution in [0.4, 0.5) is 8.78 Å². The first-order valence-corrected chi connectivity index (χ1v) is 6.74. The molecule has 0 radical (unpaired) electrons. The first-order valence-electron chi connectivity index (χ1n) is 6.74. The lowest BCUT2D eigenvalue weighted by Gasteiger charge is -2.39. The molecule has 6 heteroatoms. The lowest BCUT2D eigenvalue weighted by atomic mass is 9.95. The molecule has 1 aromatic heterocycles. The average Bonchev–Trinajstić information content (AvgIpc) is 2.42. The number of likely N-dealkylation sites (tertiary alicyclic amines) is 1. The summed E-state index contributed by atoms with van der Waals surface area (Å²) in [5.74, 6) is -0.365. The number of carbonyl (C=O) groups excluding carboxylic acids is 1. The van der Waals surface area contributed by atoms with Gasteiger partial charge < -0.3 is 9.88 Å². The van der Waals surface area contributed by atoms with Crippen LogP contribution < -0.4 is 5.56 Å². The van der Waals surface area contributed by atoms with Gasteiger partial charge in [0.1, 0.15) is 0 Å². The number of halogens is 2. The number of pyridine rings is 1. The summed E-state index contributed by atoms with van der Waals surface area (Å²) in [6.07, 6.45) is -1.11. The molecule has 1 aliphatic heterocycles. The minimum atomic E-state index is -2.33. The maximum Gasteiger partial charge on any atom is 0.255 e. The minimum absolute atomic E-state index is 0.136. The first-order chi connectivity index (χ1) is 10.1. The van der Waals surface area contributed by atoms with Gasteiger partial charge in [0.25, 0.3) is 11.5 Å². The van der Waals surface area contributed by atoms with Gasteiger partial charge in [-0.1, -0.05) is 18.2 Å². The summed E-state index contributed by atoms with van der Waals surface area (Å²) in [5.41, 5.74) is 0.155. The Morgan fingerprint density at radius 1 is 1.29 bits per heavy atom. The molecule has 0 saturated carbocycles. The Morgan fingerprint density at radius 2 is 1.95 bits per heavy atom. The third kappa shape index (κ3) is 2.53. The van der Waals surface area contributed by atoms with Gasteiger partial charge in [-0.3, -0.25) is 9.59 Å². The molecule has 1 saturated heterocycles. The maximum absolute atomic E-state index is 12.4. The largest absolute Gasteiger partial charge is 0.338 e. The highest BCUT2D eigenvalue weighted by molar-refractivity contribution is 6.06. The molecular weight excluding hydrogens is 278 g/mol. The number of rotatable bonds is 3. The molecule has 21 heavy (non-hydrogen) atoms. The average molecular weight is 292 g/mol. The monoisotopic (exact) mass is 292 g/mol. The van der Waals surface area contributed by atoms with Crippen LogP contribution in [0.25, 0.3) is 10.8 Å². The van der Waals surface area contributed by atoms with Crippen molar-refractivity contribution in [3.63, 3.8) is 0 Å². The van der Waals surface area contributed by atoms with E-state index in [4.69, 9.17) is 0 Å². The van der Waals surface area contributed by atoms with E-state index < -0.39 is 6.43 Å². The number of hydrogen-bond acceptors (Lipinski definition) is 2. The van der Waals surface area contributed by atoms with Gasteiger partial charge in [-0.05, 0) is 12.0 Å². The molecule has 0 unspecified atom stereocenters. The number of aromatic amines is 1. The van der Waals surface area contributed by atoms with E-state index in [1.54, 1.807) is 24.3 Å². The topological polar surface area (TPSA) is 53.2 Å². The molecule has 1 aliphatic rings. The Labute approximate surface area is 119 Å². The predicted octanol–water partition coefficient (Wildman–Crippen LogP) is 2.26.